The minimum Gasteiger partial charge on any atom is -0.455 e. The Labute approximate surface area is 185 Å². The molecule has 0 aliphatic heterocycles. The molecule has 0 saturated carbocycles. The monoisotopic (exact) mass is 431 g/mol. The second-order valence-electron chi connectivity index (χ2n) is 8.43. The van der Waals surface area contributed by atoms with Crippen LogP contribution in [0.4, 0.5) is 0 Å². The van der Waals surface area contributed by atoms with Crippen LogP contribution < -0.4 is 5.32 Å². The highest BCUT2D eigenvalue weighted by molar-refractivity contribution is 5.95. The normalized spacial score (nSPS) is 12.6. The highest BCUT2D eigenvalue weighted by Crippen LogP contribution is 2.38. The molecule has 4 heterocycles. The number of rotatable bonds is 6. The number of pyridine rings is 1. The molecule has 0 spiro atoms. The van der Waals surface area contributed by atoms with E-state index in [4.69, 9.17) is 14.0 Å². The van der Waals surface area contributed by atoms with Crippen molar-refractivity contribution >= 4 is 5.91 Å². The van der Waals surface area contributed by atoms with Crippen LogP contribution in [0.5, 0.6) is 0 Å². The number of nitrogens with zero attached hydrogens (tertiary/aromatic N) is 4. The molecule has 4 aromatic rings. The molecule has 0 saturated heterocycles. The van der Waals surface area contributed by atoms with Gasteiger partial charge in [-0.2, -0.15) is 5.10 Å². The van der Waals surface area contributed by atoms with Crippen LogP contribution in [0.25, 0.3) is 11.3 Å². The zero-order valence-corrected chi connectivity index (χ0v) is 18.4. The molecule has 1 aliphatic carbocycles. The Morgan fingerprint density at radius 2 is 2.12 bits per heavy atom. The van der Waals surface area contributed by atoms with Gasteiger partial charge in [0.2, 0.25) is 0 Å². The van der Waals surface area contributed by atoms with Crippen LogP contribution >= 0.6 is 0 Å². The lowest BCUT2D eigenvalue weighted by molar-refractivity contribution is 0.0919. The maximum Gasteiger partial charge on any atom is 0.287 e. The summed E-state index contributed by atoms with van der Waals surface area (Å²) in [6.07, 6.45) is 5.42. The van der Waals surface area contributed by atoms with E-state index in [1.807, 2.05) is 49.7 Å². The summed E-state index contributed by atoms with van der Waals surface area (Å²) in [6, 6.07) is 7.72. The van der Waals surface area contributed by atoms with Crippen molar-refractivity contribution in [3.05, 3.63) is 76.5 Å². The second kappa shape index (κ2) is 8.11. The van der Waals surface area contributed by atoms with Gasteiger partial charge in [0, 0.05) is 41.9 Å². The van der Waals surface area contributed by atoms with E-state index in [9.17, 15) is 4.79 Å². The van der Waals surface area contributed by atoms with Crippen molar-refractivity contribution in [3.8, 4) is 11.3 Å². The lowest BCUT2D eigenvalue weighted by Gasteiger charge is -2.09. The van der Waals surface area contributed by atoms with Crippen molar-refractivity contribution in [2.45, 2.75) is 52.6 Å². The molecule has 32 heavy (non-hydrogen) atoms. The van der Waals surface area contributed by atoms with Crippen molar-refractivity contribution < 1.29 is 13.7 Å². The van der Waals surface area contributed by atoms with Gasteiger partial charge in [0.25, 0.3) is 5.91 Å². The fraction of sp³-hybridized carbons (Fsp3) is 0.333. The summed E-state index contributed by atoms with van der Waals surface area (Å²) < 4.78 is 13.2. The molecule has 0 radical (unpaired) electrons. The standard InChI is InChI=1S/C24H25N5O3/c1-14(2)20-10-18(28-32-20)11-26-24(30)23-15(3)21-19(31-23)8-7-16-12-29(27-22(16)21)13-17-6-4-5-9-25-17/h4-6,9-10,12,14H,7-8,11,13H2,1-3H3,(H,26,30). The van der Waals surface area contributed by atoms with Crippen molar-refractivity contribution in [2.75, 3.05) is 0 Å². The lowest BCUT2D eigenvalue weighted by Crippen LogP contribution is -2.23. The number of nitrogens with one attached hydrogen (secondary N) is 1. The van der Waals surface area contributed by atoms with E-state index < -0.39 is 0 Å². The third-order valence-corrected chi connectivity index (χ3v) is 5.75. The molecule has 1 aliphatic rings. The molecule has 0 fully saturated rings. The Morgan fingerprint density at radius 3 is 2.88 bits per heavy atom. The van der Waals surface area contributed by atoms with Crippen LogP contribution in [-0.2, 0) is 25.9 Å². The smallest absolute Gasteiger partial charge is 0.287 e. The van der Waals surface area contributed by atoms with Crippen molar-refractivity contribution in [1.29, 1.82) is 0 Å². The fourth-order valence-electron chi connectivity index (χ4n) is 4.05. The zero-order chi connectivity index (χ0) is 22.2. The van der Waals surface area contributed by atoms with Gasteiger partial charge in [-0.15, -0.1) is 0 Å². The number of hydrogen-bond donors (Lipinski definition) is 1. The molecule has 5 rings (SSSR count). The molecule has 0 aromatic carbocycles. The topological polar surface area (TPSA) is 99.0 Å². The van der Waals surface area contributed by atoms with E-state index in [0.29, 0.717) is 18.0 Å². The maximum absolute atomic E-state index is 12.9. The minimum atomic E-state index is -0.263. The SMILES string of the molecule is Cc1c(C(=O)NCc2cc(C(C)C)on2)oc2c1-c1nn(Cc3ccccn3)cc1CC2. The number of furan rings is 1. The van der Waals surface area contributed by atoms with E-state index in [1.54, 1.807) is 6.20 Å². The molecular weight excluding hydrogens is 406 g/mol. The average molecular weight is 431 g/mol. The molecule has 0 bridgehead atoms. The molecule has 164 valence electrons. The first-order valence-corrected chi connectivity index (χ1v) is 10.8. The summed E-state index contributed by atoms with van der Waals surface area (Å²) in [6.45, 7) is 6.86. The number of aryl methyl sites for hydroxylation is 2. The summed E-state index contributed by atoms with van der Waals surface area (Å²) in [4.78, 5) is 17.2. The van der Waals surface area contributed by atoms with Crippen LogP contribution in [0.15, 0.2) is 45.6 Å². The van der Waals surface area contributed by atoms with E-state index in [1.165, 1.54) is 0 Å². The summed E-state index contributed by atoms with van der Waals surface area (Å²) in [5, 5.41) is 11.7. The predicted molar refractivity (Wildman–Crippen MR) is 117 cm³/mol. The van der Waals surface area contributed by atoms with Gasteiger partial charge in [0.15, 0.2) is 5.76 Å². The van der Waals surface area contributed by atoms with Gasteiger partial charge in [-0.1, -0.05) is 25.1 Å². The third-order valence-electron chi connectivity index (χ3n) is 5.75. The van der Waals surface area contributed by atoms with Gasteiger partial charge in [-0.05, 0) is 31.0 Å². The van der Waals surface area contributed by atoms with Crippen molar-refractivity contribution in [1.82, 2.24) is 25.2 Å². The van der Waals surface area contributed by atoms with E-state index in [2.05, 4.69) is 21.7 Å². The average Bonchev–Trinajstić information content (AvgIpc) is 3.49. The molecule has 8 nitrogen and oxygen atoms in total. The Hall–Kier alpha value is -3.68. The number of fused-ring (bicyclic) bond motifs is 3. The largest absolute Gasteiger partial charge is 0.455 e. The summed E-state index contributed by atoms with van der Waals surface area (Å²) in [5.41, 5.74) is 5.43. The first-order chi connectivity index (χ1) is 15.5. The molecule has 1 amide bonds. The van der Waals surface area contributed by atoms with Crippen LogP contribution in [-0.4, -0.2) is 25.8 Å². The van der Waals surface area contributed by atoms with Crippen LogP contribution in [0.3, 0.4) is 0 Å². The van der Waals surface area contributed by atoms with E-state index in [-0.39, 0.29) is 18.4 Å². The van der Waals surface area contributed by atoms with Crippen molar-refractivity contribution in [3.63, 3.8) is 0 Å². The van der Waals surface area contributed by atoms with Crippen molar-refractivity contribution in [2.24, 2.45) is 0 Å². The number of hydrogen-bond acceptors (Lipinski definition) is 6. The predicted octanol–water partition coefficient (Wildman–Crippen LogP) is 4.03. The first-order valence-electron chi connectivity index (χ1n) is 10.8. The maximum atomic E-state index is 12.9. The minimum absolute atomic E-state index is 0.248. The summed E-state index contributed by atoms with van der Waals surface area (Å²) in [7, 11) is 0. The van der Waals surface area contributed by atoms with Gasteiger partial charge in [0.05, 0.1) is 24.5 Å². The van der Waals surface area contributed by atoms with Gasteiger partial charge >= 0.3 is 0 Å². The van der Waals surface area contributed by atoms with Crippen LogP contribution in [0, 0.1) is 6.92 Å². The first kappa shape index (κ1) is 20.2. The quantitative estimate of drug-likeness (QED) is 0.495. The molecule has 8 heteroatoms. The Morgan fingerprint density at radius 1 is 1.25 bits per heavy atom. The number of carbonyl (C=O) groups is 1. The highest BCUT2D eigenvalue weighted by atomic mass is 16.5. The highest BCUT2D eigenvalue weighted by Gasteiger charge is 2.29. The van der Waals surface area contributed by atoms with E-state index in [0.717, 1.165) is 52.4 Å². The third kappa shape index (κ3) is 3.72. The Kier molecular flexibility index (Phi) is 5.13. The van der Waals surface area contributed by atoms with Gasteiger partial charge in [-0.25, -0.2) is 0 Å². The molecule has 0 unspecified atom stereocenters. The molecule has 1 N–H and O–H groups in total. The molecule has 4 aromatic heterocycles. The fourth-order valence-corrected chi connectivity index (χ4v) is 4.05. The van der Waals surface area contributed by atoms with E-state index >= 15 is 0 Å². The zero-order valence-electron chi connectivity index (χ0n) is 18.4. The van der Waals surface area contributed by atoms with Gasteiger partial charge < -0.3 is 14.3 Å². The molecule has 0 atom stereocenters. The Bertz CT molecular complexity index is 1270. The van der Waals surface area contributed by atoms with Crippen LogP contribution in [0.2, 0.25) is 0 Å². The number of amides is 1. The number of carbonyl (C=O) groups excluding carboxylic acids is 1. The summed E-state index contributed by atoms with van der Waals surface area (Å²) >= 11 is 0. The second-order valence-corrected chi connectivity index (χ2v) is 8.43. The van der Waals surface area contributed by atoms with Gasteiger partial charge in [0.1, 0.15) is 17.2 Å². The Balaban J connectivity index is 1.36. The summed E-state index contributed by atoms with van der Waals surface area (Å²) in [5.74, 6) is 1.92. The number of aromatic nitrogens is 4. The van der Waals surface area contributed by atoms with Gasteiger partial charge in [-0.3, -0.25) is 14.5 Å². The van der Waals surface area contributed by atoms with Crippen LogP contribution in [0.1, 0.15) is 64.4 Å². The lowest BCUT2D eigenvalue weighted by atomic mass is 9.93. The molecular formula is C24H25N5O3.